The van der Waals surface area contributed by atoms with Crippen molar-refractivity contribution in [2.75, 3.05) is 0 Å². The lowest BCUT2D eigenvalue weighted by Gasteiger charge is -2.11. The number of hydrogen-bond donors (Lipinski definition) is 0. The van der Waals surface area contributed by atoms with E-state index in [1.54, 1.807) is 0 Å². The van der Waals surface area contributed by atoms with Gasteiger partial charge in [-0.15, -0.1) is 0 Å². The number of benzene rings is 1. The molecular weight excluding hydrogens is 228 g/mol. The van der Waals surface area contributed by atoms with Gasteiger partial charge >= 0.3 is 5.54 Å². The summed E-state index contributed by atoms with van der Waals surface area (Å²) in [5.41, 5.74) is 1.28. The van der Waals surface area contributed by atoms with Crippen LogP contribution in [0.4, 0.5) is 0 Å². The van der Waals surface area contributed by atoms with E-state index in [9.17, 15) is 0 Å². The second kappa shape index (κ2) is 5.04. The van der Waals surface area contributed by atoms with Crippen molar-refractivity contribution < 1.29 is 0 Å². The zero-order chi connectivity index (χ0) is 11.5. The molecule has 0 saturated heterocycles. The number of halogens is 2. The molecule has 0 atom stereocenters. The molecule has 1 aromatic carbocycles. The Bertz CT molecular complexity index is 356. The quantitative estimate of drug-likeness (QED) is 0.558. The molecule has 0 aliphatic rings. The first-order valence-electron chi connectivity index (χ1n) is 4.82. The van der Waals surface area contributed by atoms with E-state index < -0.39 is 5.54 Å². The molecule has 0 aromatic heterocycles. The smallest absolute Gasteiger partial charge is 0.287 e. The SMILES string of the molecule is CC(C)(C)N=Cc1ccccc1B(Cl)Cl. The summed E-state index contributed by atoms with van der Waals surface area (Å²) in [4.78, 5) is 4.43. The lowest BCUT2D eigenvalue weighted by molar-refractivity contribution is 0.587. The maximum Gasteiger partial charge on any atom is 0.383 e. The molecule has 0 saturated carbocycles. The standard InChI is InChI=1S/C11H14BCl2N/c1-11(2,3)15-8-9-6-4-5-7-10(9)12(13)14/h4-8H,1-3H3. The van der Waals surface area contributed by atoms with Crippen LogP contribution in [0, 0.1) is 0 Å². The van der Waals surface area contributed by atoms with E-state index in [1.165, 1.54) is 0 Å². The summed E-state index contributed by atoms with van der Waals surface area (Å²) in [5, 5.41) is 0. The fraction of sp³-hybridized carbons (Fsp3) is 0.364. The minimum atomic E-state index is -0.507. The van der Waals surface area contributed by atoms with Crippen LogP contribution in [0.1, 0.15) is 26.3 Å². The van der Waals surface area contributed by atoms with E-state index in [0.29, 0.717) is 0 Å². The molecule has 0 spiro atoms. The van der Waals surface area contributed by atoms with Crippen LogP contribution >= 0.6 is 22.9 Å². The summed E-state index contributed by atoms with van der Waals surface area (Å²) in [5.74, 6) is 0. The minimum absolute atomic E-state index is 0.0821. The molecule has 4 heteroatoms. The summed E-state index contributed by atoms with van der Waals surface area (Å²) in [6.07, 6.45) is 1.83. The molecule has 0 amide bonds. The van der Waals surface area contributed by atoms with E-state index in [4.69, 9.17) is 22.9 Å². The Morgan fingerprint density at radius 2 is 1.80 bits per heavy atom. The van der Waals surface area contributed by atoms with Gasteiger partial charge in [-0.1, -0.05) is 24.3 Å². The summed E-state index contributed by atoms with van der Waals surface area (Å²) >= 11 is 11.7. The molecule has 80 valence electrons. The number of nitrogens with zero attached hydrogens (tertiary/aromatic N) is 1. The Kier molecular flexibility index (Phi) is 4.24. The fourth-order valence-electron chi connectivity index (χ4n) is 1.09. The van der Waals surface area contributed by atoms with Gasteiger partial charge in [0.2, 0.25) is 0 Å². The van der Waals surface area contributed by atoms with Gasteiger partial charge < -0.3 is 0 Å². The Morgan fingerprint density at radius 3 is 2.33 bits per heavy atom. The van der Waals surface area contributed by atoms with Crippen molar-refractivity contribution >= 4 is 40.1 Å². The monoisotopic (exact) mass is 241 g/mol. The topological polar surface area (TPSA) is 12.4 Å². The molecule has 1 rings (SSSR count). The number of hydrogen-bond acceptors (Lipinski definition) is 1. The first-order valence-corrected chi connectivity index (χ1v) is 5.70. The van der Waals surface area contributed by atoms with Crippen molar-refractivity contribution in [3.8, 4) is 0 Å². The van der Waals surface area contributed by atoms with Gasteiger partial charge in [0.1, 0.15) is 0 Å². The highest BCUT2D eigenvalue weighted by Gasteiger charge is 2.13. The van der Waals surface area contributed by atoms with Gasteiger partial charge in [0, 0.05) is 6.21 Å². The van der Waals surface area contributed by atoms with Gasteiger partial charge in [-0.2, -0.15) is 22.9 Å². The summed E-state index contributed by atoms with van der Waals surface area (Å²) in [7, 11) is 0. The molecule has 0 bridgehead atoms. The number of aliphatic imine (C=N–C) groups is 1. The van der Waals surface area contributed by atoms with Crippen LogP contribution in [0.3, 0.4) is 0 Å². The van der Waals surface area contributed by atoms with Crippen molar-refractivity contribution in [2.45, 2.75) is 26.3 Å². The zero-order valence-electron chi connectivity index (χ0n) is 9.17. The third-order valence-corrected chi connectivity index (χ3v) is 2.29. The largest absolute Gasteiger partial charge is 0.383 e. The molecule has 0 aliphatic heterocycles. The van der Waals surface area contributed by atoms with E-state index in [2.05, 4.69) is 4.99 Å². The molecule has 1 nitrogen and oxygen atoms in total. The van der Waals surface area contributed by atoms with Gasteiger partial charge in [0.05, 0.1) is 5.54 Å². The molecule has 1 aromatic rings. The van der Waals surface area contributed by atoms with Gasteiger partial charge in [-0.05, 0) is 31.8 Å². The molecule has 0 radical (unpaired) electrons. The van der Waals surface area contributed by atoms with E-state index >= 15 is 0 Å². The average Bonchev–Trinajstić information content (AvgIpc) is 2.14. The summed E-state index contributed by atoms with van der Waals surface area (Å²) in [6, 6.07) is 7.74. The van der Waals surface area contributed by atoms with E-state index in [-0.39, 0.29) is 5.54 Å². The normalized spacial score (nSPS) is 12.1. The van der Waals surface area contributed by atoms with Crippen molar-refractivity contribution in [1.29, 1.82) is 0 Å². The molecule has 0 unspecified atom stereocenters. The maximum absolute atomic E-state index is 5.86. The minimum Gasteiger partial charge on any atom is -0.287 e. The van der Waals surface area contributed by atoms with Gasteiger partial charge in [-0.3, -0.25) is 4.99 Å². The molecule has 0 heterocycles. The van der Waals surface area contributed by atoms with Crippen molar-refractivity contribution in [3.63, 3.8) is 0 Å². The van der Waals surface area contributed by atoms with Crippen molar-refractivity contribution in [1.82, 2.24) is 0 Å². The Morgan fingerprint density at radius 1 is 1.20 bits per heavy atom. The zero-order valence-corrected chi connectivity index (χ0v) is 10.7. The third kappa shape index (κ3) is 4.27. The van der Waals surface area contributed by atoms with Crippen LogP contribution in [-0.4, -0.2) is 17.3 Å². The van der Waals surface area contributed by atoms with Crippen LogP contribution in [0.5, 0.6) is 0 Å². The molecule has 0 aliphatic carbocycles. The van der Waals surface area contributed by atoms with Crippen molar-refractivity contribution in [2.24, 2.45) is 4.99 Å². The molecule has 15 heavy (non-hydrogen) atoms. The van der Waals surface area contributed by atoms with Gasteiger partial charge in [0.25, 0.3) is 0 Å². The third-order valence-electron chi connectivity index (χ3n) is 1.82. The van der Waals surface area contributed by atoms with Crippen molar-refractivity contribution in [3.05, 3.63) is 29.8 Å². The molecule has 0 N–H and O–H groups in total. The molecule has 0 fully saturated rings. The highest BCUT2D eigenvalue weighted by Crippen LogP contribution is 2.07. The first-order chi connectivity index (χ1) is 6.90. The second-order valence-corrected chi connectivity index (χ2v) is 5.45. The van der Waals surface area contributed by atoms with Gasteiger partial charge in [0.15, 0.2) is 0 Å². The number of rotatable bonds is 2. The predicted molar refractivity (Wildman–Crippen MR) is 70.9 cm³/mol. The Hall–Kier alpha value is -0.465. The predicted octanol–water partition coefficient (Wildman–Crippen LogP) is 3.08. The summed E-state index contributed by atoms with van der Waals surface area (Å²) < 4.78 is 0. The lowest BCUT2D eigenvalue weighted by atomic mass is 9.88. The Balaban J connectivity index is 2.99. The van der Waals surface area contributed by atoms with E-state index in [1.807, 2.05) is 51.3 Å². The fourth-order valence-corrected chi connectivity index (χ4v) is 1.49. The average molecular weight is 242 g/mol. The molecular formula is C11H14BCl2N. The summed E-state index contributed by atoms with van der Waals surface area (Å²) in [6.45, 7) is 6.14. The second-order valence-electron chi connectivity index (χ2n) is 4.36. The highest BCUT2D eigenvalue weighted by atomic mass is 35.5. The van der Waals surface area contributed by atoms with Crippen LogP contribution in [0.15, 0.2) is 29.3 Å². The maximum atomic E-state index is 5.86. The lowest BCUT2D eigenvalue weighted by Crippen LogP contribution is -2.23. The highest BCUT2D eigenvalue weighted by molar-refractivity contribution is 7.39. The van der Waals surface area contributed by atoms with E-state index in [0.717, 1.165) is 11.0 Å². The van der Waals surface area contributed by atoms with Crippen LogP contribution in [-0.2, 0) is 0 Å². The first kappa shape index (κ1) is 12.6. The van der Waals surface area contributed by atoms with Crippen LogP contribution < -0.4 is 5.46 Å². The van der Waals surface area contributed by atoms with Crippen LogP contribution in [0.25, 0.3) is 0 Å². The van der Waals surface area contributed by atoms with Gasteiger partial charge in [-0.25, -0.2) is 0 Å². The van der Waals surface area contributed by atoms with Crippen LogP contribution in [0.2, 0.25) is 0 Å². The Labute approximate surface area is 101 Å².